The number of nitrogens with two attached hydrogens (primary N) is 1. The molecule has 0 aliphatic heterocycles. The second kappa shape index (κ2) is 8.87. The predicted octanol–water partition coefficient (Wildman–Crippen LogP) is -0.0380. The van der Waals surface area contributed by atoms with E-state index >= 15 is 0 Å². The Morgan fingerprint density at radius 3 is 1.33 bits per heavy atom. The van der Waals surface area contributed by atoms with Gasteiger partial charge in [0.1, 0.15) is 0 Å². The molecule has 0 fully saturated rings. The number of aliphatic hydroxyl groups is 1. The van der Waals surface area contributed by atoms with E-state index in [0.717, 1.165) is 7.11 Å². The highest BCUT2D eigenvalue weighted by Crippen LogP contribution is 1.58. The number of aliphatic hydroxyl groups excluding tert-OH is 1. The Hall–Kier alpha value is -0.0800. The molecule has 40 valence electrons. The maximum Gasteiger partial charge on any atom is 0.0319 e. The highest BCUT2D eigenvalue weighted by molar-refractivity contribution is 4.32. The minimum Gasteiger partial charge on any atom is -0.400 e. The van der Waals surface area contributed by atoms with Gasteiger partial charge in [-0.15, -0.1) is 0 Å². The molecule has 0 aromatic rings. The van der Waals surface area contributed by atoms with Crippen LogP contribution in [0.2, 0.25) is 0 Å². The molecule has 0 aliphatic carbocycles. The van der Waals surface area contributed by atoms with Gasteiger partial charge in [-0.2, -0.15) is 0 Å². The van der Waals surface area contributed by atoms with Gasteiger partial charge in [-0.25, -0.2) is 0 Å². The minimum absolute atomic E-state index is 0.333. The lowest BCUT2D eigenvalue weighted by atomic mass is 10.5. The first-order valence-corrected chi connectivity index (χ1v) is 1.94. The molecule has 0 saturated carbocycles. The summed E-state index contributed by atoms with van der Waals surface area (Å²) >= 11 is 0. The molecule has 0 unspecified atom stereocenters. The molecule has 0 aliphatic rings. The van der Waals surface area contributed by atoms with Crippen LogP contribution in [0.4, 0.5) is 0 Å². The SMILES string of the molecule is CC(C)N.CO. The van der Waals surface area contributed by atoms with Gasteiger partial charge in [0.05, 0.1) is 0 Å². The molecule has 0 amide bonds. The summed E-state index contributed by atoms with van der Waals surface area (Å²) in [6.45, 7) is 3.89. The molecule has 6 heavy (non-hydrogen) atoms. The van der Waals surface area contributed by atoms with Crippen molar-refractivity contribution in [1.29, 1.82) is 0 Å². The van der Waals surface area contributed by atoms with E-state index in [1.807, 2.05) is 13.8 Å². The number of rotatable bonds is 0. The smallest absolute Gasteiger partial charge is 0.0319 e. The van der Waals surface area contributed by atoms with Gasteiger partial charge in [-0.3, -0.25) is 0 Å². The van der Waals surface area contributed by atoms with E-state index in [9.17, 15) is 0 Å². The van der Waals surface area contributed by atoms with Crippen LogP contribution in [0.1, 0.15) is 13.8 Å². The lowest BCUT2D eigenvalue weighted by molar-refractivity contribution is 0.399. The van der Waals surface area contributed by atoms with Crippen LogP contribution in [0.3, 0.4) is 0 Å². The predicted molar refractivity (Wildman–Crippen MR) is 27.5 cm³/mol. The molecular formula is C4H13NO. The van der Waals surface area contributed by atoms with Crippen LogP contribution in [-0.2, 0) is 0 Å². The van der Waals surface area contributed by atoms with Crippen LogP contribution in [0.15, 0.2) is 0 Å². The largest absolute Gasteiger partial charge is 0.400 e. The van der Waals surface area contributed by atoms with Crippen molar-refractivity contribution in [3.8, 4) is 0 Å². The van der Waals surface area contributed by atoms with Crippen molar-refractivity contribution in [2.75, 3.05) is 7.11 Å². The van der Waals surface area contributed by atoms with Gasteiger partial charge in [0, 0.05) is 7.11 Å². The van der Waals surface area contributed by atoms with E-state index < -0.39 is 0 Å². The van der Waals surface area contributed by atoms with E-state index in [1.54, 1.807) is 0 Å². The van der Waals surface area contributed by atoms with E-state index in [4.69, 9.17) is 10.8 Å². The Morgan fingerprint density at radius 2 is 1.33 bits per heavy atom. The fourth-order valence-corrected chi connectivity index (χ4v) is 0. The lowest BCUT2D eigenvalue weighted by Crippen LogP contribution is -2.06. The normalized spacial score (nSPS) is 7.00. The quantitative estimate of drug-likeness (QED) is 0.439. The maximum absolute atomic E-state index is 7.00. The Kier molecular flexibility index (Phi) is 13.8. The van der Waals surface area contributed by atoms with Gasteiger partial charge in [-0.05, 0) is 6.04 Å². The average Bonchev–Trinajstić information content (AvgIpc) is 1.41. The van der Waals surface area contributed by atoms with Gasteiger partial charge in [0.2, 0.25) is 0 Å². The van der Waals surface area contributed by atoms with Crippen LogP contribution in [0, 0.1) is 0 Å². The van der Waals surface area contributed by atoms with Crippen LogP contribution >= 0.6 is 0 Å². The van der Waals surface area contributed by atoms with Crippen molar-refractivity contribution in [1.82, 2.24) is 0 Å². The molecule has 0 aromatic carbocycles. The summed E-state index contributed by atoms with van der Waals surface area (Å²) in [7, 11) is 1.00. The molecule has 0 heterocycles. The fraction of sp³-hybridized carbons (Fsp3) is 1.00. The Balaban J connectivity index is 0. The second-order valence-corrected chi connectivity index (χ2v) is 1.24. The summed E-state index contributed by atoms with van der Waals surface area (Å²) in [5.41, 5.74) is 5.11. The Labute approximate surface area is 39.0 Å². The monoisotopic (exact) mass is 91.1 g/mol. The van der Waals surface area contributed by atoms with Crippen LogP contribution in [0.5, 0.6) is 0 Å². The summed E-state index contributed by atoms with van der Waals surface area (Å²) < 4.78 is 0. The molecule has 2 nitrogen and oxygen atoms in total. The van der Waals surface area contributed by atoms with Crippen molar-refractivity contribution in [3.05, 3.63) is 0 Å². The number of hydrogen-bond donors (Lipinski definition) is 2. The van der Waals surface area contributed by atoms with E-state index in [1.165, 1.54) is 0 Å². The molecule has 0 bridgehead atoms. The van der Waals surface area contributed by atoms with Gasteiger partial charge < -0.3 is 10.8 Å². The maximum atomic E-state index is 7.00. The average molecular weight is 91.2 g/mol. The zero-order valence-corrected chi connectivity index (χ0v) is 4.60. The van der Waals surface area contributed by atoms with Gasteiger partial charge in [-0.1, -0.05) is 13.8 Å². The number of hydrogen-bond acceptors (Lipinski definition) is 2. The zero-order valence-electron chi connectivity index (χ0n) is 4.60. The van der Waals surface area contributed by atoms with E-state index in [0.29, 0.717) is 6.04 Å². The van der Waals surface area contributed by atoms with Crippen molar-refractivity contribution in [2.45, 2.75) is 19.9 Å². The van der Waals surface area contributed by atoms with Crippen LogP contribution in [-0.4, -0.2) is 18.3 Å². The summed E-state index contributed by atoms with van der Waals surface area (Å²) in [6.07, 6.45) is 0. The molecule has 0 spiro atoms. The van der Waals surface area contributed by atoms with Gasteiger partial charge >= 0.3 is 0 Å². The van der Waals surface area contributed by atoms with E-state index in [2.05, 4.69) is 0 Å². The molecule has 0 atom stereocenters. The van der Waals surface area contributed by atoms with Gasteiger partial charge in [0.15, 0.2) is 0 Å². The van der Waals surface area contributed by atoms with Crippen LogP contribution < -0.4 is 5.73 Å². The molecule has 2 heteroatoms. The Bertz CT molecular complexity index is 12.3. The highest BCUT2D eigenvalue weighted by Gasteiger charge is 1.67. The molecule has 3 N–H and O–H groups in total. The lowest BCUT2D eigenvalue weighted by Gasteiger charge is -1.81. The first-order valence-electron chi connectivity index (χ1n) is 1.94. The standard InChI is InChI=1S/C3H9N.CH4O/c1-3(2)4;1-2/h3H,4H2,1-2H3;2H,1H3. The zero-order chi connectivity index (χ0) is 5.58. The summed E-state index contributed by atoms with van der Waals surface area (Å²) in [4.78, 5) is 0. The minimum atomic E-state index is 0.333. The third-order valence-corrected chi connectivity index (χ3v) is 0. The first-order chi connectivity index (χ1) is 2.73. The molecule has 0 radical (unpaired) electrons. The third-order valence-electron chi connectivity index (χ3n) is 0. The summed E-state index contributed by atoms with van der Waals surface area (Å²) in [5.74, 6) is 0. The van der Waals surface area contributed by atoms with Crippen molar-refractivity contribution in [3.63, 3.8) is 0 Å². The second-order valence-electron chi connectivity index (χ2n) is 1.24. The molecule has 0 saturated heterocycles. The van der Waals surface area contributed by atoms with Crippen molar-refractivity contribution >= 4 is 0 Å². The fourth-order valence-electron chi connectivity index (χ4n) is 0. The highest BCUT2D eigenvalue weighted by atomic mass is 16.2. The van der Waals surface area contributed by atoms with E-state index in [-0.39, 0.29) is 0 Å². The summed E-state index contributed by atoms with van der Waals surface area (Å²) in [6, 6.07) is 0.333. The molecule has 0 aromatic heterocycles. The topological polar surface area (TPSA) is 46.2 Å². The molecule has 0 rings (SSSR count). The summed E-state index contributed by atoms with van der Waals surface area (Å²) in [5, 5.41) is 7.00. The van der Waals surface area contributed by atoms with Crippen molar-refractivity contribution < 1.29 is 5.11 Å². The molecular weight excluding hydrogens is 78.0 g/mol. The Morgan fingerprint density at radius 1 is 1.33 bits per heavy atom. The van der Waals surface area contributed by atoms with Crippen molar-refractivity contribution in [2.24, 2.45) is 5.73 Å². The third kappa shape index (κ3) is 5220. The first kappa shape index (κ1) is 9.33. The van der Waals surface area contributed by atoms with Gasteiger partial charge in [0.25, 0.3) is 0 Å². The van der Waals surface area contributed by atoms with Crippen LogP contribution in [0.25, 0.3) is 0 Å².